The zero-order chi connectivity index (χ0) is 12.3. The van der Waals surface area contributed by atoms with E-state index >= 15 is 0 Å². The van der Waals surface area contributed by atoms with Gasteiger partial charge in [0.05, 0.1) is 12.6 Å². The lowest BCUT2D eigenvalue weighted by Gasteiger charge is -2.17. The molecule has 0 radical (unpaired) electrons. The van der Waals surface area contributed by atoms with E-state index in [9.17, 15) is 4.79 Å². The van der Waals surface area contributed by atoms with Gasteiger partial charge in [-0.05, 0) is 24.8 Å². The molecule has 1 aliphatic heterocycles. The third kappa shape index (κ3) is 4.24. The summed E-state index contributed by atoms with van der Waals surface area (Å²) in [6.07, 6.45) is 0.994. The Morgan fingerprint density at radius 1 is 1.72 bits per heavy atom. The summed E-state index contributed by atoms with van der Waals surface area (Å²) in [5, 5.41) is 5.04. The maximum absolute atomic E-state index is 11.8. The molecular weight excluding hydrogens is 270 g/mol. The van der Waals surface area contributed by atoms with Crippen molar-refractivity contribution in [1.29, 1.82) is 0 Å². The largest absolute Gasteiger partial charge is 0.348 e. The van der Waals surface area contributed by atoms with E-state index in [0.29, 0.717) is 6.54 Å². The highest BCUT2D eigenvalue weighted by molar-refractivity contribution is 7.10. The minimum Gasteiger partial charge on any atom is -0.348 e. The monoisotopic (exact) mass is 289 g/mol. The van der Waals surface area contributed by atoms with Crippen LogP contribution in [-0.4, -0.2) is 36.5 Å². The van der Waals surface area contributed by atoms with Crippen LogP contribution < -0.4 is 11.1 Å². The number of likely N-dealkylation sites (tertiary alicyclic amines) is 1. The summed E-state index contributed by atoms with van der Waals surface area (Å²) in [5.74, 6) is 0.0833. The van der Waals surface area contributed by atoms with E-state index < -0.39 is 0 Å². The Hall–Kier alpha value is -0.620. The molecule has 1 aromatic rings. The minimum absolute atomic E-state index is 0. The molecule has 0 saturated carbocycles. The number of halogens is 1. The van der Waals surface area contributed by atoms with Crippen LogP contribution in [0.3, 0.4) is 0 Å². The molecule has 2 atom stereocenters. The average molecular weight is 290 g/mol. The second kappa shape index (κ2) is 7.09. The van der Waals surface area contributed by atoms with Crippen LogP contribution in [0.15, 0.2) is 17.5 Å². The molecule has 3 N–H and O–H groups in total. The smallest absolute Gasteiger partial charge is 0.234 e. The molecule has 0 spiro atoms. The highest BCUT2D eigenvalue weighted by Gasteiger charge is 2.21. The van der Waals surface area contributed by atoms with Crippen molar-refractivity contribution < 1.29 is 4.79 Å². The lowest BCUT2D eigenvalue weighted by molar-refractivity contribution is -0.122. The Balaban J connectivity index is 0.00000162. The van der Waals surface area contributed by atoms with Crippen LogP contribution in [0.25, 0.3) is 0 Å². The maximum Gasteiger partial charge on any atom is 0.234 e. The molecular formula is C12H20ClN3OS. The number of nitrogens with two attached hydrogens (primary N) is 1. The molecule has 2 heterocycles. The number of hydrogen-bond donors (Lipinski definition) is 2. The average Bonchev–Trinajstić information content (AvgIpc) is 2.89. The van der Waals surface area contributed by atoms with E-state index in [1.54, 1.807) is 11.3 Å². The van der Waals surface area contributed by atoms with Crippen molar-refractivity contribution in [3.05, 3.63) is 22.4 Å². The Kier molecular flexibility index (Phi) is 6.08. The number of carbonyl (C=O) groups excluding carboxylic acids is 1. The zero-order valence-corrected chi connectivity index (χ0v) is 12.1. The summed E-state index contributed by atoms with van der Waals surface area (Å²) in [4.78, 5) is 15.1. The molecule has 1 aliphatic rings. The molecule has 1 aromatic heterocycles. The Morgan fingerprint density at radius 2 is 2.50 bits per heavy atom. The number of nitrogens with zero attached hydrogens (tertiary/aromatic N) is 1. The van der Waals surface area contributed by atoms with E-state index in [4.69, 9.17) is 5.73 Å². The van der Waals surface area contributed by atoms with E-state index in [-0.39, 0.29) is 30.4 Å². The van der Waals surface area contributed by atoms with Crippen LogP contribution in [0.2, 0.25) is 0 Å². The topological polar surface area (TPSA) is 58.4 Å². The van der Waals surface area contributed by atoms with Crippen LogP contribution in [-0.2, 0) is 4.79 Å². The second-order valence-electron chi connectivity index (χ2n) is 4.59. The second-order valence-corrected chi connectivity index (χ2v) is 5.57. The lowest BCUT2D eigenvalue weighted by atomic mass is 10.2. The number of hydrogen-bond acceptors (Lipinski definition) is 4. The molecule has 2 rings (SSSR count). The van der Waals surface area contributed by atoms with Gasteiger partial charge in [-0.25, -0.2) is 0 Å². The van der Waals surface area contributed by atoms with E-state index in [1.165, 1.54) is 4.88 Å². The molecule has 102 valence electrons. The standard InChI is InChI=1S/C12H19N3OS.ClH/c1-9(11-3-2-6-17-11)14-12(16)8-15-5-4-10(13)7-15;/h2-3,6,9-10H,4-5,7-8,13H2,1H3,(H,14,16);1H/t9?,10-;/m1./s1. The zero-order valence-electron chi connectivity index (χ0n) is 10.5. The van der Waals surface area contributed by atoms with Gasteiger partial charge in [0.2, 0.25) is 5.91 Å². The van der Waals surface area contributed by atoms with Crippen LogP contribution >= 0.6 is 23.7 Å². The first-order chi connectivity index (χ1) is 8.15. The first-order valence-electron chi connectivity index (χ1n) is 5.96. The van der Waals surface area contributed by atoms with Gasteiger partial charge in [0.15, 0.2) is 0 Å². The van der Waals surface area contributed by atoms with Crippen LogP contribution in [0.5, 0.6) is 0 Å². The molecule has 18 heavy (non-hydrogen) atoms. The summed E-state index contributed by atoms with van der Waals surface area (Å²) in [7, 11) is 0. The third-order valence-electron chi connectivity index (χ3n) is 3.02. The van der Waals surface area contributed by atoms with E-state index in [1.807, 2.05) is 24.4 Å². The summed E-state index contributed by atoms with van der Waals surface area (Å²) in [6, 6.07) is 4.38. The fraction of sp³-hybridized carbons (Fsp3) is 0.583. The molecule has 1 fully saturated rings. The molecule has 1 amide bonds. The number of rotatable bonds is 4. The van der Waals surface area contributed by atoms with Crippen molar-refractivity contribution in [2.24, 2.45) is 5.73 Å². The van der Waals surface area contributed by atoms with Gasteiger partial charge in [0.1, 0.15) is 0 Å². The highest BCUT2D eigenvalue weighted by Crippen LogP contribution is 2.18. The van der Waals surface area contributed by atoms with Gasteiger partial charge in [-0.1, -0.05) is 6.07 Å². The summed E-state index contributed by atoms with van der Waals surface area (Å²) < 4.78 is 0. The number of carbonyl (C=O) groups is 1. The Bertz CT molecular complexity index is 371. The number of nitrogens with one attached hydrogen (secondary N) is 1. The normalized spacial score (nSPS) is 21.3. The van der Waals surface area contributed by atoms with Gasteiger partial charge < -0.3 is 11.1 Å². The third-order valence-corrected chi connectivity index (χ3v) is 4.08. The first-order valence-corrected chi connectivity index (χ1v) is 6.84. The Morgan fingerprint density at radius 3 is 3.06 bits per heavy atom. The van der Waals surface area contributed by atoms with Gasteiger partial charge in [0, 0.05) is 24.0 Å². The summed E-state index contributed by atoms with van der Waals surface area (Å²) in [6.45, 7) is 4.24. The van der Waals surface area contributed by atoms with Crippen LogP contribution in [0.1, 0.15) is 24.3 Å². The highest BCUT2D eigenvalue weighted by atomic mass is 35.5. The van der Waals surface area contributed by atoms with Crippen molar-refractivity contribution in [3.8, 4) is 0 Å². The number of thiophene rings is 1. The predicted molar refractivity (Wildman–Crippen MR) is 77.2 cm³/mol. The van der Waals surface area contributed by atoms with Crippen molar-refractivity contribution in [3.63, 3.8) is 0 Å². The van der Waals surface area contributed by atoms with Crippen LogP contribution in [0, 0.1) is 0 Å². The van der Waals surface area contributed by atoms with Crippen LogP contribution in [0.4, 0.5) is 0 Å². The number of amides is 1. The van der Waals surface area contributed by atoms with Crippen molar-refractivity contribution >= 4 is 29.7 Å². The lowest BCUT2D eigenvalue weighted by Crippen LogP contribution is -2.38. The maximum atomic E-state index is 11.8. The SMILES string of the molecule is CC(NC(=O)CN1CC[C@@H](N)C1)c1cccs1.Cl. The molecule has 0 bridgehead atoms. The Labute approximate surface area is 118 Å². The van der Waals surface area contributed by atoms with Gasteiger partial charge in [-0.2, -0.15) is 0 Å². The van der Waals surface area contributed by atoms with Gasteiger partial charge in [-0.15, -0.1) is 23.7 Å². The van der Waals surface area contributed by atoms with Gasteiger partial charge in [-0.3, -0.25) is 9.69 Å². The molecule has 0 aromatic carbocycles. The van der Waals surface area contributed by atoms with Crippen molar-refractivity contribution in [1.82, 2.24) is 10.2 Å². The quantitative estimate of drug-likeness (QED) is 0.880. The minimum atomic E-state index is 0. The van der Waals surface area contributed by atoms with Crippen molar-refractivity contribution in [2.45, 2.75) is 25.4 Å². The van der Waals surface area contributed by atoms with Gasteiger partial charge in [0.25, 0.3) is 0 Å². The summed E-state index contributed by atoms with van der Waals surface area (Å²) in [5.41, 5.74) is 5.81. The molecule has 1 unspecified atom stereocenters. The molecule has 1 saturated heterocycles. The molecule has 0 aliphatic carbocycles. The fourth-order valence-corrected chi connectivity index (χ4v) is 2.84. The first kappa shape index (κ1) is 15.4. The van der Waals surface area contributed by atoms with E-state index in [0.717, 1.165) is 19.5 Å². The van der Waals surface area contributed by atoms with Gasteiger partial charge >= 0.3 is 0 Å². The molecule has 6 heteroatoms. The van der Waals surface area contributed by atoms with E-state index in [2.05, 4.69) is 10.2 Å². The fourth-order valence-electron chi connectivity index (χ4n) is 2.11. The van der Waals surface area contributed by atoms with Crippen molar-refractivity contribution in [2.75, 3.05) is 19.6 Å². The molecule has 4 nitrogen and oxygen atoms in total. The summed E-state index contributed by atoms with van der Waals surface area (Å²) >= 11 is 1.67. The predicted octanol–water partition coefficient (Wildman–Crippen LogP) is 1.38.